The third kappa shape index (κ3) is 2.88. The van der Waals surface area contributed by atoms with Gasteiger partial charge in [-0.15, -0.1) is 0 Å². The van der Waals surface area contributed by atoms with E-state index in [0.29, 0.717) is 12.8 Å². The molecule has 0 amide bonds. The van der Waals surface area contributed by atoms with E-state index >= 15 is 0 Å². The second-order valence-corrected chi connectivity index (χ2v) is 6.21. The van der Waals surface area contributed by atoms with Gasteiger partial charge in [0.15, 0.2) is 0 Å². The Balaban J connectivity index is 2.56. The fourth-order valence-electron chi connectivity index (χ4n) is 1.82. The van der Waals surface area contributed by atoms with E-state index in [1.165, 1.54) is 0 Å². The van der Waals surface area contributed by atoms with Crippen molar-refractivity contribution in [1.29, 1.82) is 0 Å². The maximum Gasteiger partial charge on any atom is 0.350 e. The van der Waals surface area contributed by atoms with Crippen molar-refractivity contribution in [2.75, 3.05) is 0 Å². The first kappa shape index (κ1) is 11.8. The Kier molecular flexibility index (Phi) is 3.16. The molecule has 1 aliphatic carbocycles. The van der Waals surface area contributed by atoms with Crippen LogP contribution in [0.4, 0.5) is 8.78 Å². The van der Waals surface area contributed by atoms with Crippen molar-refractivity contribution in [3.05, 3.63) is 0 Å². The normalized spacial score (nSPS) is 27.1. The maximum absolute atomic E-state index is 12.0. The largest absolute Gasteiger partial charge is 0.350 e. The minimum Gasteiger partial charge on any atom is -0.207 e. The Bertz CT molecular complexity index is 300. The zero-order valence-electron chi connectivity index (χ0n) is 8.26. The zero-order valence-corrected chi connectivity index (χ0v) is 9.07. The first-order valence-corrected chi connectivity index (χ1v) is 6.07. The number of alkyl halides is 2. The number of nitrogens with one attached hydrogen (secondary N) is 1. The fourth-order valence-corrected chi connectivity index (χ4v) is 2.59. The number of hydrogen-bond donors (Lipinski definition) is 1. The molecule has 1 rings (SSSR count). The van der Waals surface area contributed by atoms with Crippen molar-refractivity contribution in [1.82, 2.24) is 4.72 Å². The number of hydrogen-bond acceptors (Lipinski definition) is 2. The van der Waals surface area contributed by atoms with Gasteiger partial charge in [0.25, 0.3) is 10.0 Å². The van der Waals surface area contributed by atoms with E-state index in [1.807, 2.05) is 18.6 Å². The van der Waals surface area contributed by atoms with Crippen molar-refractivity contribution in [2.45, 2.75) is 44.9 Å². The van der Waals surface area contributed by atoms with E-state index in [2.05, 4.69) is 0 Å². The third-order valence-electron chi connectivity index (χ3n) is 2.53. The molecule has 6 heteroatoms. The van der Waals surface area contributed by atoms with Gasteiger partial charge in [-0.2, -0.15) is 8.78 Å². The van der Waals surface area contributed by atoms with E-state index in [-0.39, 0.29) is 11.5 Å². The van der Waals surface area contributed by atoms with Crippen molar-refractivity contribution in [3.8, 4) is 0 Å². The molecule has 0 spiro atoms. The fraction of sp³-hybridized carbons (Fsp3) is 1.00. The lowest BCUT2D eigenvalue weighted by atomic mass is 9.92. The summed E-state index contributed by atoms with van der Waals surface area (Å²) in [5.41, 5.74) is 0.0509. The Morgan fingerprint density at radius 2 is 2.00 bits per heavy atom. The van der Waals surface area contributed by atoms with Gasteiger partial charge in [0, 0.05) is 6.04 Å². The molecule has 0 bridgehead atoms. The summed E-state index contributed by atoms with van der Waals surface area (Å²) in [4.78, 5) is 0. The van der Waals surface area contributed by atoms with E-state index < -0.39 is 15.8 Å². The van der Waals surface area contributed by atoms with Gasteiger partial charge in [-0.3, -0.25) is 0 Å². The molecule has 0 saturated heterocycles. The Hall–Kier alpha value is -0.230. The second kappa shape index (κ2) is 3.73. The van der Waals surface area contributed by atoms with E-state index in [9.17, 15) is 17.2 Å². The smallest absolute Gasteiger partial charge is 0.207 e. The van der Waals surface area contributed by atoms with Crippen molar-refractivity contribution in [2.24, 2.45) is 5.41 Å². The third-order valence-corrected chi connectivity index (χ3v) is 3.67. The van der Waals surface area contributed by atoms with Crippen molar-refractivity contribution >= 4 is 10.0 Å². The van der Waals surface area contributed by atoms with Gasteiger partial charge in [0.05, 0.1) is 0 Å². The van der Waals surface area contributed by atoms with Gasteiger partial charge in [-0.1, -0.05) is 13.8 Å². The highest BCUT2D eigenvalue weighted by Gasteiger charge is 2.35. The first-order valence-electron chi connectivity index (χ1n) is 4.52. The van der Waals surface area contributed by atoms with Crippen LogP contribution >= 0.6 is 0 Å². The van der Waals surface area contributed by atoms with Gasteiger partial charge < -0.3 is 0 Å². The first-order chi connectivity index (χ1) is 6.23. The van der Waals surface area contributed by atoms with Gasteiger partial charge in [-0.25, -0.2) is 13.1 Å². The van der Waals surface area contributed by atoms with Crippen LogP contribution in [0.5, 0.6) is 0 Å². The molecule has 3 nitrogen and oxygen atoms in total. The lowest BCUT2D eigenvalue weighted by molar-refractivity contribution is 0.231. The molecule has 1 saturated carbocycles. The number of halogens is 2. The molecule has 84 valence electrons. The summed E-state index contributed by atoms with van der Waals surface area (Å²) >= 11 is 0. The Morgan fingerprint density at radius 1 is 1.43 bits per heavy atom. The van der Waals surface area contributed by atoms with Crippen LogP contribution in [-0.4, -0.2) is 20.2 Å². The lowest BCUT2D eigenvalue weighted by Crippen LogP contribution is -2.37. The molecule has 1 N–H and O–H groups in total. The Morgan fingerprint density at radius 3 is 2.36 bits per heavy atom. The number of rotatable bonds is 3. The Labute approximate surface area is 82.9 Å². The van der Waals surface area contributed by atoms with Crippen LogP contribution in [0.15, 0.2) is 0 Å². The minimum absolute atomic E-state index is 0.0509. The minimum atomic E-state index is -4.42. The molecular weight excluding hydrogens is 212 g/mol. The topological polar surface area (TPSA) is 46.2 Å². The summed E-state index contributed by atoms with van der Waals surface area (Å²) in [5.74, 6) is -3.33. The number of sulfonamides is 1. The summed E-state index contributed by atoms with van der Waals surface area (Å²) in [6, 6.07) is -0.330. The van der Waals surface area contributed by atoms with Crippen molar-refractivity contribution in [3.63, 3.8) is 0 Å². The van der Waals surface area contributed by atoms with Crippen LogP contribution in [0.25, 0.3) is 0 Å². The van der Waals surface area contributed by atoms with Crippen LogP contribution in [-0.2, 0) is 10.0 Å². The summed E-state index contributed by atoms with van der Waals surface area (Å²) in [5, 5.41) is 0. The van der Waals surface area contributed by atoms with Crippen LogP contribution in [0.1, 0.15) is 33.1 Å². The molecule has 0 aromatic heterocycles. The predicted octanol–water partition coefficient (Wildman–Crippen LogP) is 1.71. The molecule has 0 radical (unpaired) electrons. The van der Waals surface area contributed by atoms with E-state index in [0.717, 1.165) is 6.42 Å². The van der Waals surface area contributed by atoms with Gasteiger partial charge in [0.2, 0.25) is 0 Å². The summed E-state index contributed by atoms with van der Waals surface area (Å²) in [6.45, 7) is 4.01. The van der Waals surface area contributed by atoms with Crippen molar-refractivity contribution < 1.29 is 17.2 Å². The molecule has 0 aromatic rings. The molecule has 0 aliphatic heterocycles. The highest BCUT2D eigenvalue weighted by molar-refractivity contribution is 7.89. The highest BCUT2D eigenvalue weighted by atomic mass is 32.2. The molecule has 1 unspecified atom stereocenters. The van der Waals surface area contributed by atoms with E-state index in [4.69, 9.17) is 0 Å². The van der Waals surface area contributed by atoms with Gasteiger partial charge in [0.1, 0.15) is 0 Å². The van der Waals surface area contributed by atoms with Crippen LogP contribution < -0.4 is 4.72 Å². The monoisotopic (exact) mass is 227 g/mol. The average molecular weight is 227 g/mol. The quantitative estimate of drug-likeness (QED) is 0.797. The summed E-state index contributed by atoms with van der Waals surface area (Å²) in [7, 11) is -4.42. The maximum atomic E-state index is 12.0. The average Bonchev–Trinajstić information content (AvgIpc) is 2.28. The molecule has 1 atom stereocenters. The molecule has 14 heavy (non-hydrogen) atoms. The highest BCUT2D eigenvalue weighted by Crippen LogP contribution is 2.37. The van der Waals surface area contributed by atoms with Crippen LogP contribution in [0.3, 0.4) is 0 Å². The molecule has 0 heterocycles. The van der Waals surface area contributed by atoms with Gasteiger partial charge >= 0.3 is 5.76 Å². The summed E-state index contributed by atoms with van der Waals surface area (Å²) < 4.78 is 47.7. The molecule has 1 fully saturated rings. The standard InChI is InChI=1S/C8H15F2NO2S/c1-8(2)4-3-6(5-8)11-14(12,13)7(9)10/h6-7,11H,3-5H2,1-2H3. The lowest BCUT2D eigenvalue weighted by Gasteiger charge is -2.17. The molecule has 0 aromatic carbocycles. The van der Waals surface area contributed by atoms with Crippen LogP contribution in [0, 0.1) is 5.41 Å². The van der Waals surface area contributed by atoms with E-state index in [1.54, 1.807) is 0 Å². The molecule has 1 aliphatic rings. The predicted molar refractivity (Wildman–Crippen MR) is 49.5 cm³/mol. The summed E-state index contributed by atoms with van der Waals surface area (Å²) in [6.07, 6.45) is 2.13. The van der Waals surface area contributed by atoms with Crippen LogP contribution in [0.2, 0.25) is 0 Å². The zero-order chi connectivity index (χ0) is 11.0. The SMILES string of the molecule is CC1(C)CCC(NS(=O)(=O)C(F)F)C1. The molecular formula is C8H15F2NO2S. The van der Waals surface area contributed by atoms with Gasteiger partial charge in [-0.05, 0) is 24.7 Å². The second-order valence-electron chi connectivity index (χ2n) is 4.53.